The van der Waals surface area contributed by atoms with E-state index in [4.69, 9.17) is 4.74 Å². The van der Waals surface area contributed by atoms with Crippen LogP contribution in [0.2, 0.25) is 0 Å². The van der Waals surface area contributed by atoms with Gasteiger partial charge in [-0.15, -0.1) is 0 Å². The average molecular weight is 356 g/mol. The number of rotatable bonds is 4. The number of esters is 1. The topological polar surface area (TPSA) is 93.5 Å². The number of ether oxygens (including phenoxy) is 1. The summed E-state index contributed by atoms with van der Waals surface area (Å²) in [4.78, 5) is 37.8. The molecule has 1 aliphatic rings. The summed E-state index contributed by atoms with van der Waals surface area (Å²) >= 11 is 0. The van der Waals surface area contributed by atoms with E-state index in [0.29, 0.717) is 29.8 Å². The third-order valence-electron chi connectivity index (χ3n) is 4.51. The second-order valence-electron chi connectivity index (χ2n) is 6.17. The van der Waals surface area contributed by atoms with E-state index in [2.05, 4.69) is 10.4 Å². The summed E-state index contributed by atoms with van der Waals surface area (Å²) in [5, 5.41) is 6.85. The number of aromatic nitrogens is 2. The van der Waals surface area contributed by atoms with Crippen molar-refractivity contribution in [2.45, 2.75) is 12.5 Å². The van der Waals surface area contributed by atoms with Gasteiger partial charge in [0.25, 0.3) is 5.91 Å². The molecule has 136 valence electrons. The van der Waals surface area contributed by atoms with Gasteiger partial charge in [-0.1, -0.05) is 12.1 Å². The quantitative estimate of drug-likeness (QED) is 0.819. The van der Waals surface area contributed by atoms with Gasteiger partial charge in [0.1, 0.15) is 6.04 Å². The number of nitrogens with one attached hydrogen (secondary N) is 1. The lowest BCUT2D eigenvalue weighted by molar-refractivity contribution is -0.128. The predicted molar refractivity (Wildman–Crippen MR) is 93.5 cm³/mol. The van der Waals surface area contributed by atoms with Crippen LogP contribution in [0.1, 0.15) is 27.3 Å². The Morgan fingerprint density at radius 3 is 2.50 bits per heavy atom. The Hall–Kier alpha value is -3.16. The molecule has 0 aliphatic carbocycles. The summed E-state index contributed by atoms with van der Waals surface area (Å²) < 4.78 is 6.24. The van der Waals surface area contributed by atoms with Gasteiger partial charge < -0.3 is 15.0 Å². The first-order chi connectivity index (χ1) is 12.4. The van der Waals surface area contributed by atoms with Crippen LogP contribution >= 0.6 is 0 Å². The smallest absolute Gasteiger partial charge is 0.356 e. The van der Waals surface area contributed by atoms with Gasteiger partial charge in [0.05, 0.1) is 13.3 Å². The van der Waals surface area contributed by atoms with Gasteiger partial charge in [-0.3, -0.25) is 14.3 Å². The number of nitrogens with zero attached hydrogens (tertiary/aromatic N) is 3. The highest BCUT2D eigenvalue weighted by Crippen LogP contribution is 2.24. The molecule has 8 nitrogen and oxygen atoms in total. The van der Waals surface area contributed by atoms with Gasteiger partial charge in [-0.25, -0.2) is 4.79 Å². The Balaban J connectivity index is 1.78. The molecule has 1 aromatic heterocycles. The van der Waals surface area contributed by atoms with Gasteiger partial charge in [-0.2, -0.15) is 5.10 Å². The van der Waals surface area contributed by atoms with Gasteiger partial charge in [0.2, 0.25) is 5.91 Å². The van der Waals surface area contributed by atoms with Crippen molar-refractivity contribution >= 4 is 17.8 Å². The first-order valence-electron chi connectivity index (χ1n) is 8.19. The van der Waals surface area contributed by atoms with E-state index in [1.807, 2.05) is 0 Å². The van der Waals surface area contributed by atoms with E-state index in [1.54, 1.807) is 49.5 Å². The van der Waals surface area contributed by atoms with E-state index in [9.17, 15) is 14.4 Å². The lowest BCUT2D eigenvalue weighted by Crippen LogP contribution is -2.40. The minimum absolute atomic E-state index is 0.0759. The van der Waals surface area contributed by atoms with Crippen molar-refractivity contribution in [2.24, 2.45) is 7.05 Å². The molecule has 8 heteroatoms. The molecule has 0 unspecified atom stereocenters. The second kappa shape index (κ2) is 6.99. The minimum atomic E-state index is -0.481. The summed E-state index contributed by atoms with van der Waals surface area (Å²) in [6.07, 6.45) is 2.19. The highest BCUT2D eigenvalue weighted by molar-refractivity contribution is 5.99. The molecule has 1 aromatic carbocycles. The first kappa shape index (κ1) is 17.7. The third-order valence-corrected chi connectivity index (χ3v) is 4.51. The van der Waals surface area contributed by atoms with Crippen LogP contribution in [0.25, 0.3) is 11.1 Å². The second-order valence-corrected chi connectivity index (χ2v) is 6.17. The molecule has 1 fully saturated rings. The molecule has 1 aliphatic heterocycles. The van der Waals surface area contributed by atoms with Crippen LogP contribution in [-0.2, 0) is 16.6 Å². The molecule has 26 heavy (non-hydrogen) atoms. The molecular weight excluding hydrogens is 336 g/mol. The predicted octanol–water partition coefficient (Wildman–Crippen LogP) is 0.834. The number of methoxy groups -OCH3 is 1. The minimum Gasteiger partial charge on any atom is -0.464 e. The van der Waals surface area contributed by atoms with Crippen LogP contribution in [-0.4, -0.2) is 59.2 Å². The SMILES string of the molecule is COC(=O)c1c(-c2ccc(C(=O)N[C@H]3CCN(C)C3=O)cc2)cnn1C. The Morgan fingerprint density at radius 2 is 1.92 bits per heavy atom. The van der Waals surface area contributed by atoms with E-state index >= 15 is 0 Å². The van der Waals surface area contributed by atoms with Crippen LogP contribution in [0.5, 0.6) is 0 Å². The maximum atomic E-state index is 12.4. The maximum absolute atomic E-state index is 12.4. The molecule has 1 saturated heterocycles. The molecule has 0 spiro atoms. The largest absolute Gasteiger partial charge is 0.464 e. The highest BCUT2D eigenvalue weighted by atomic mass is 16.5. The summed E-state index contributed by atoms with van der Waals surface area (Å²) in [6.45, 7) is 0.639. The summed E-state index contributed by atoms with van der Waals surface area (Å²) in [6, 6.07) is 6.31. The maximum Gasteiger partial charge on any atom is 0.356 e. The normalized spacial score (nSPS) is 16.7. The molecule has 2 amide bonds. The number of hydrogen-bond donors (Lipinski definition) is 1. The molecule has 0 radical (unpaired) electrons. The standard InChI is InChI=1S/C18H20N4O4/c1-21-9-8-14(17(21)24)20-16(23)12-6-4-11(5-7-12)13-10-19-22(2)15(13)18(25)26-3/h4-7,10,14H,8-9H2,1-3H3,(H,20,23)/t14-/m0/s1. The van der Waals surface area contributed by atoms with Crippen molar-refractivity contribution < 1.29 is 19.1 Å². The van der Waals surface area contributed by atoms with Crippen molar-refractivity contribution in [2.75, 3.05) is 20.7 Å². The summed E-state index contributed by atoms with van der Waals surface area (Å²) in [7, 11) is 4.69. The lowest BCUT2D eigenvalue weighted by Gasteiger charge is -2.12. The number of amides is 2. The molecule has 1 N–H and O–H groups in total. The van der Waals surface area contributed by atoms with Gasteiger partial charge in [-0.05, 0) is 24.1 Å². The van der Waals surface area contributed by atoms with E-state index in [-0.39, 0.29) is 11.8 Å². The van der Waals surface area contributed by atoms with Gasteiger partial charge >= 0.3 is 5.97 Å². The Morgan fingerprint density at radius 1 is 1.23 bits per heavy atom. The van der Waals surface area contributed by atoms with Crippen LogP contribution in [0, 0.1) is 0 Å². The van der Waals surface area contributed by atoms with Crippen molar-refractivity contribution in [3.05, 3.63) is 41.7 Å². The third kappa shape index (κ3) is 3.17. The summed E-state index contributed by atoms with van der Waals surface area (Å²) in [5.74, 6) is -0.858. The van der Waals surface area contributed by atoms with Gasteiger partial charge in [0, 0.05) is 31.8 Å². The Bertz CT molecular complexity index is 857. The number of carbonyl (C=O) groups is 3. The van der Waals surface area contributed by atoms with E-state index in [0.717, 1.165) is 5.56 Å². The number of likely N-dealkylation sites (tertiary alicyclic amines) is 1. The Kier molecular flexibility index (Phi) is 4.75. The molecule has 2 heterocycles. The zero-order chi connectivity index (χ0) is 18.8. The zero-order valence-corrected chi connectivity index (χ0v) is 14.9. The van der Waals surface area contributed by atoms with Crippen LogP contribution in [0.3, 0.4) is 0 Å². The summed E-state index contributed by atoms with van der Waals surface area (Å²) in [5.41, 5.74) is 2.15. The van der Waals surface area contributed by atoms with Crippen LogP contribution in [0.15, 0.2) is 30.5 Å². The molecule has 1 atom stereocenters. The van der Waals surface area contributed by atoms with Crippen molar-refractivity contribution in [1.29, 1.82) is 0 Å². The van der Waals surface area contributed by atoms with E-state index in [1.165, 1.54) is 11.8 Å². The molecule has 3 rings (SSSR count). The lowest BCUT2D eigenvalue weighted by atomic mass is 10.0. The molecule has 2 aromatic rings. The zero-order valence-electron chi connectivity index (χ0n) is 14.9. The number of likely N-dealkylation sites (N-methyl/N-ethyl adjacent to an activating group) is 1. The monoisotopic (exact) mass is 356 g/mol. The number of carbonyl (C=O) groups excluding carboxylic acids is 3. The molecule has 0 bridgehead atoms. The fraction of sp³-hybridized carbons (Fsp3) is 0.333. The number of aryl methyl sites for hydroxylation is 1. The first-order valence-corrected chi connectivity index (χ1v) is 8.19. The average Bonchev–Trinajstić information content (AvgIpc) is 3.18. The van der Waals surface area contributed by atoms with Gasteiger partial charge in [0.15, 0.2) is 5.69 Å². The number of benzene rings is 1. The fourth-order valence-electron chi connectivity index (χ4n) is 2.99. The fourth-order valence-corrected chi connectivity index (χ4v) is 2.99. The molecule has 0 saturated carbocycles. The van der Waals surface area contributed by atoms with Crippen LogP contribution < -0.4 is 5.32 Å². The van der Waals surface area contributed by atoms with E-state index < -0.39 is 12.0 Å². The molecular formula is C18H20N4O4. The van der Waals surface area contributed by atoms with Crippen molar-refractivity contribution in [3.63, 3.8) is 0 Å². The Labute approximate surface area is 150 Å². The highest BCUT2D eigenvalue weighted by Gasteiger charge is 2.30. The van der Waals surface area contributed by atoms with Crippen molar-refractivity contribution in [3.8, 4) is 11.1 Å². The number of hydrogen-bond acceptors (Lipinski definition) is 5. The van der Waals surface area contributed by atoms with Crippen LogP contribution in [0.4, 0.5) is 0 Å². The van der Waals surface area contributed by atoms with Crippen molar-refractivity contribution in [1.82, 2.24) is 20.0 Å².